The largest absolute Gasteiger partial charge is 0.268 e. The standard InChI is InChI=1S/C18H12N3O/c19-13-21(18(22)15-6-2-1-3-7-15)12-14-10-16-8-4-5-9-17(16)20-11-14/h1-10H,12H2. The number of hydrogen-bond donors (Lipinski definition) is 0. The van der Waals surface area contributed by atoms with Gasteiger partial charge in [-0.3, -0.25) is 4.79 Å². The molecule has 4 nitrogen and oxygen atoms in total. The summed E-state index contributed by atoms with van der Waals surface area (Å²) in [6.07, 6.45) is 4.82. The van der Waals surface area contributed by atoms with Crippen LogP contribution in [-0.2, 0) is 6.54 Å². The predicted octanol–water partition coefficient (Wildman–Crippen LogP) is 3.16. The summed E-state index contributed by atoms with van der Waals surface area (Å²) in [7, 11) is 0. The lowest BCUT2D eigenvalue weighted by Crippen LogP contribution is -2.25. The topological polar surface area (TPSA) is 57.0 Å². The van der Waals surface area contributed by atoms with Crippen molar-refractivity contribution >= 4 is 16.8 Å². The van der Waals surface area contributed by atoms with Crippen molar-refractivity contribution < 1.29 is 4.79 Å². The maximum Gasteiger partial charge on any atom is 0.267 e. The molecule has 0 saturated heterocycles. The van der Waals surface area contributed by atoms with E-state index in [1.807, 2.05) is 42.6 Å². The van der Waals surface area contributed by atoms with Crippen LogP contribution in [0, 0.1) is 17.7 Å². The second-order valence-electron chi connectivity index (χ2n) is 4.81. The summed E-state index contributed by atoms with van der Waals surface area (Å²) in [4.78, 5) is 17.6. The number of nitrogens with zero attached hydrogens (tertiary/aromatic N) is 3. The van der Waals surface area contributed by atoms with E-state index in [1.54, 1.807) is 24.3 Å². The molecular formula is C18H12N3O. The van der Waals surface area contributed by atoms with Gasteiger partial charge in [0.05, 0.1) is 18.3 Å². The Hall–Kier alpha value is -3.19. The molecule has 0 saturated carbocycles. The third-order valence-corrected chi connectivity index (χ3v) is 3.30. The van der Waals surface area contributed by atoms with Gasteiger partial charge in [-0.2, -0.15) is 5.26 Å². The molecule has 0 aliphatic carbocycles. The second kappa shape index (κ2) is 6.06. The number of fused-ring (bicyclic) bond motifs is 1. The van der Waals surface area contributed by atoms with Gasteiger partial charge in [0, 0.05) is 16.5 Å². The fraction of sp³-hybridized carbons (Fsp3) is 0.0556. The van der Waals surface area contributed by atoms with Gasteiger partial charge in [-0.15, -0.1) is 0 Å². The number of para-hydroxylation sites is 1. The van der Waals surface area contributed by atoms with Crippen molar-refractivity contribution in [3.63, 3.8) is 0 Å². The van der Waals surface area contributed by atoms with E-state index in [4.69, 9.17) is 0 Å². The second-order valence-corrected chi connectivity index (χ2v) is 4.81. The molecule has 1 aromatic heterocycles. The minimum atomic E-state index is -0.329. The molecule has 0 bridgehead atoms. The molecule has 0 spiro atoms. The maximum absolute atomic E-state index is 12.3. The third-order valence-electron chi connectivity index (χ3n) is 3.30. The Bertz CT molecular complexity index is 853. The summed E-state index contributed by atoms with van der Waals surface area (Å²) in [5.41, 5.74) is 2.02. The van der Waals surface area contributed by atoms with Gasteiger partial charge >= 0.3 is 0 Å². The lowest BCUT2D eigenvalue weighted by Gasteiger charge is -2.13. The Kier molecular flexibility index (Phi) is 3.80. The zero-order valence-electron chi connectivity index (χ0n) is 11.7. The fourth-order valence-corrected chi connectivity index (χ4v) is 2.20. The number of nitriles is 1. The van der Waals surface area contributed by atoms with Crippen LogP contribution in [0.1, 0.15) is 15.9 Å². The van der Waals surface area contributed by atoms with Gasteiger partial charge in [-0.05, 0) is 24.3 Å². The number of amides is 1. The number of benzene rings is 2. The van der Waals surface area contributed by atoms with Crippen LogP contribution in [0.4, 0.5) is 0 Å². The van der Waals surface area contributed by atoms with Crippen LogP contribution in [0.25, 0.3) is 10.9 Å². The highest BCUT2D eigenvalue weighted by Crippen LogP contribution is 2.14. The Morgan fingerprint density at radius 3 is 2.64 bits per heavy atom. The molecule has 0 aliphatic rings. The molecular weight excluding hydrogens is 274 g/mol. The summed E-state index contributed by atoms with van der Waals surface area (Å²) < 4.78 is 0. The van der Waals surface area contributed by atoms with Crippen LogP contribution in [0.5, 0.6) is 0 Å². The van der Waals surface area contributed by atoms with Crippen LogP contribution >= 0.6 is 0 Å². The van der Waals surface area contributed by atoms with Gasteiger partial charge in [0.2, 0.25) is 0 Å². The first-order valence-electron chi connectivity index (χ1n) is 6.81. The third kappa shape index (κ3) is 2.79. The quantitative estimate of drug-likeness (QED) is 0.549. The highest BCUT2D eigenvalue weighted by Gasteiger charge is 2.16. The van der Waals surface area contributed by atoms with Gasteiger partial charge in [-0.1, -0.05) is 36.4 Å². The van der Waals surface area contributed by atoms with Crippen molar-refractivity contribution in [1.29, 1.82) is 5.26 Å². The lowest BCUT2D eigenvalue weighted by molar-refractivity contribution is 0.0824. The van der Waals surface area contributed by atoms with Crippen LogP contribution in [0.3, 0.4) is 0 Å². The zero-order valence-corrected chi connectivity index (χ0v) is 11.7. The van der Waals surface area contributed by atoms with E-state index in [-0.39, 0.29) is 12.5 Å². The first-order valence-corrected chi connectivity index (χ1v) is 6.81. The van der Waals surface area contributed by atoms with E-state index >= 15 is 0 Å². The normalized spacial score (nSPS) is 10.1. The molecule has 0 fully saturated rings. The Morgan fingerprint density at radius 1 is 1.14 bits per heavy atom. The predicted molar refractivity (Wildman–Crippen MR) is 82.5 cm³/mol. The van der Waals surface area contributed by atoms with E-state index in [2.05, 4.69) is 11.2 Å². The first kappa shape index (κ1) is 13.8. The summed E-state index contributed by atoms with van der Waals surface area (Å²) in [6, 6.07) is 18.3. The summed E-state index contributed by atoms with van der Waals surface area (Å²) in [6.45, 7) is 0.155. The Labute approximate surface area is 128 Å². The molecule has 1 heterocycles. The molecule has 2 aromatic carbocycles. The Morgan fingerprint density at radius 2 is 1.86 bits per heavy atom. The number of carbonyl (C=O) groups excluding carboxylic acids is 1. The molecule has 1 amide bonds. The van der Waals surface area contributed by atoms with Crippen molar-refractivity contribution in [2.24, 2.45) is 0 Å². The van der Waals surface area contributed by atoms with Crippen molar-refractivity contribution in [2.75, 3.05) is 0 Å². The van der Waals surface area contributed by atoms with E-state index in [9.17, 15) is 10.1 Å². The molecule has 0 N–H and O–H groups in total. The number of pyridine rings is 1. The van der Waals surface area contributed by atoms with Gasteiger partial charge in [-0.25, -0.2) is 9.88 Å². The molecule has 1 radical (unpaired) electrons. The first-order chi connectivity index (χ1) is 10.8. The smallest absolute Gasteiger partial charge is 0.267 e. The van der Waals surface area contributed by atoms with Crippen LogP contribution in [0.2, 0.25) is 0 Å². The average molecular weight is 286 g/mol. The molecule has 4 heteroatoms. The molecule has 105 valence electrons. The minimum Gasteiger partial charge on any atom is -0.268 e. The number of aromatic nitrogens is 1. The highest BCUT2D eigenvalue weighted by molar-refractivity contribution is 5.95. The van der Waals surface area contributed by atoms with E-state index < -0.39 is 0 Å². The summed E-state index contributed by atoms with van der Waals surface area (Å²) in [5.74, 6) is -0.329. The lowest BCUT2D eigenvalue weighted by atomic mass is 10.1. The van der Waals surface area contributed by atoms with Crippen molar-refractivity contribution in [3.8, 4) is 6.19 Å². The monoisotopic (exact) mass is 286 g/mol. The minimum absolute atomic E-state index is 0.155. The molecule has 22 heavy (non-hydrogen) atoms. The molecule has 3 aromatic rings. The number of hydrogen-bond acceptors (Lipinski definition) is 3. The Balaban J connectivity index is 1.85. The fourth-order valence-electron chi connectivity index (χ4n) is 2.20. The summed E-state index contributed by atoms with van der Waals surface area (Å²) >= 11 is 0. The number of rotatable bonds is 3. The van der Waals surface area contributed by atoms with Crippen LogP contribution in [0.15, 0.2) is 60.7 Å². The highest BCUT2D eigenvalue weighted by atomic mass is 16.2. The van der Waals surface area contributed by atoms with Gasteiger partial charge in [0.1, 0.15) is 0 Å². The summed E-state index contributed by atoms with van der Waals surface area (Å²) in [5, 5.41) is 10.2. The van der Waals surface area contributed by atoms with Gasteiger partial charge < -0.3 is 0 Å². The van der Waals surface area contributed by atoms with E-state index in [0.29, 0.717) is 11.1 Å². The number of carbonyl (C=O) groups is 1. The SMILES string of the molecule is N#CN(Cc1[c]nc2ccccc2c1)C(=O)c1ccccc1. The van der Waals surface area contributed by atoms with Crippen molar-refractivity contribution in [1.82, 2.24) is 9.88 Å². The zero-order chi connectivity index (χ0) is 15.4. The van der Waals surface area contributed by atoms with Crippen LogP contribution < -0.4 is 0 Å². The molecule has 0 aliphatic heterocycles. The van der Waals surface area contributed by atoms with E-state index in [0.717, 1.165) is 15.8 Å². The van der Waals surface area contributed by atoms with Crippen LogP contribution in [-0.4, -0.2) is 15.8 Å². The molecule has 0 unspecified atom stereocenters. The van der Waals surface area contributed by atoms with Gasteiger partial charge in [0.15, 0.2) is 6.19 Å². The maximum atomic E-state index is 12.3. The van der Waals surface area contributed by atoms with E-state index in [1.165, 1.54) is 0 Å². The average Bonchev–Trinajstić information content (AvgIpc) is 2.59. The van der Waals surface area contributed by atoms with Crippen molar-refractivity contribution in [3.05, 3.63) is 78.0 Å². The van der Waals surface area contributed by atoms with Gasteiger partial charge in [0.25, 0.3) is 5.91 Å². The molecule has 3 rings (SSSR count). The molecule has 0 atom stereocenters. The van der Waals surface area contributed by atoms with Crippen molar-refractivity contribution in [2.45, 2.75) is 6.54 Å².